The van der Waals surface area contributed by atoms with Gasteiger partial charge in [0.25, 0.3) is 5.91 Å². The highest BCUT2D eigenvalue weighted by Crippen LogP contribution is 2.36. The van der Waals surface area contributed by atoms with Gasteiger partial charge in [-0.2, -0.15) is 8.75 Å². The number of aromatic nitrogens is 2. The lowest BCUT2D eigenvalue weighted by Crippen LogP contribution is -2.11. The standard InChI is InChI=1S/C15H7BrClN3OS2/c16-8-5-10-11(20-23-19-10)6-9(8)18-15(21)14-13(17)7-3-1-2-4-12(7)22-14/h1-6H,(H,18,21). The molecule has 0 aliphatic heterocycles. The summed E-state index contributed by atoms with van der Waals surface area (Å²) in [5, 5.41) is 4.26. The number of thiophene rings is 1. The van der Waals surface area contributed by atoms with Gasteiger partial charge in [0.2, 0.25) is 0 Å². The van der Waals surface area contributed by atoms with Gasteiger partial charge in [-0.05, 0) is 34.1 Å². The summed E-state index contributed by atoms with van der Waals surface area (Å²) in [6, 6.07) is 11.3. The molecule has 114 valence electrons. The SMILES string of the molecule is O=C(Nc1cc2nsnc2cc1Br)c1sc2ccccc2c1Cl. The molecule has 4 nitrogen and oxygen atoms in total. The molecule has 23 heavy (non-hydrogen) atoms. The number of fused-ring (bicyclic) bond motifs is 2. The van der Waals surface area contributed by atoms with Crippen LogP contribution in [0, 0.1) is 0 Å². The molecular formula is C15H7BrClN3OS2. The first-order valence-electron chi connectivity index (χ1n) is 6.53. The van der Waals surface area contributed by atoms with Crippen LogP contribution in [0.3, 0.4) is 0 Å². The molecule has 0 unspecified atom stereocenters. The van der Waals surface area contributed by atoms with Gasteiger partial charge in [0.05, 0.1) is 22.4 Å². The van der Waals surface area contributed by atoms with Gasteiger partial charge in [-0.15, -0.1) is 11.3 Å². The lowest BCUT2D eigenvalue weighted by molar-refractivity contribution is 0.103. The van der Waals surface area contributed by atoms with Gasteiger partial charge in [0, 0.05) is 14.6 Å². The van der Waals surface area contributed by atoms with Crippen molar-refractivity contribution in [1.82, 2.24) is 8.75 Å². The van der Waals surface area contributed by atoms with Gasteiger partial charge in [0.15, 0.2) is 0 Å². The number of anilines is 1. The summed E-state index contributed by atoms with van der Waals surface area (Å²) in [4.78, 5) is 13.1. The van der Waals surface area contributed by atoms with Crippen molar-refractivity contribution in [3.05, 3.63) is 50.8 Å². The van der Waals surface area contributed by atoms with Crippen LogP contribution in [0.25, 0.3) is 21.1 Å². The van der Waals surface area contributed by atoms with E-state index in [1.165, 1.54) is 11.3 Å². The highest BCUT2D eigenvalue weighted by atomic mass is 79.9. The number of halogens is 2. The van der Waals surface area contributed by atoms with Crippen LogP contribution in [0.15, 0.2) is 40.9 Å². The smallest absolute Gasteiger partial charge is 0.267 e. The van der Waals surface area contributed by atoms with Crippen molar-refractivity contribution in [2.45, 2.75) is 0 Å². The first-order chi connectivity index (χ1) is 11.1. The third-order valence-corrected chi connectivity index (χ3v) is 6.22. The van der Waals surface area contributed by atoms with Crippen LogP contribution in [0.5, 0.6) is 0 Å². The molecule has 0 saturated heterocycles. The maximum atomic E-state index is 12.6. The molecule has 1 amide bonds. The van der Waals surface area contributed by atoms with E-state index in [0.29, 0.717) is 15.6 Å². The van der Waals surface area contributed by atoms with Crippen LogP contribution in [0.1, 0.15) is 9.67 Å². The molecule has 2 aromatic heterocycles. The summed E-state index contributed by atoms with van der Waals surface area (Å²) in [6.45, 7) is 0. The minimum absolute atomic E-state index is 0.237. The number of benzene rings is 2. The van der Waals surface area contributed by atoms with E-state index in [-0.39, 0.29) is 5.91 Å². The number of hydrogen-bond donors (Lipinski definition) is 1. The molecule has 0 spiro atoms. The van der Waals surface area contributed by atoms with E-state index in [0.717, 1.165) is 37.3 Å². The number of hydrogen-bond acceptors (Lipinski definition) is 5. The van der Waals surface area contributed by atoms with E-state index < -0.39 is 0 Å². The molecule has 0 fully saturated rings. The Hall–Kier alpha value is -1.54. The summed E-state index contributed by atoms with van der Waals surface area (Å²) in [7, 11) is 0. The monoisotopic (exact) mass is 423 g/mol. The molecule has 2 aromatic carbocycles. The van der Waals surface area contributed by atoms with Crippen LogP contribution in [0.4, 0.5) is 5.69 Å². The fourth-order valence-corrected chi connectivity index (χ4v) is 4.59. The average molecular weight is 425 g/mol. The Morgan fingerprint density at radius 2 is 1.91 bits per heavy atom. The molecule has 4 rings (SSSR count). The number of carbonyl (C=O) groups is 1. The Kier molecular flexibility index (Phi) is 3.81. The van der Waals surface area contributed by atoms with Crippen LogP contribution in [0.2, 0.25) is 5.02 Å². The lowest BCUT2D eigenvalue weighted by atomic mass is 10.2. The number of nitrogens with one attached hydrogen (secondary N) is 1. The van der Waals surface area contributed by atoms with E-state index in [9.17, 15) is 4.79 Å². The van der Waals surface area contributed by atoms with Crippen molar-refractivity contribution in [2.24, 2.45) is 0 Å². The zero-order valence-electron chi connectivity index (χ0n) is 11.3. The fourth-order valence-electron chi connectivity index (χ4n) is 2.24. The maximum absolute atomic E-state index is 12.6. The van der Waals surface area contributed by atoms with E-state index >= 15 is 0 Å². The number of amides is 1. The normalized spacial score (nSPS) is 11.2. The lowest BCUT2D eigenvalue weighted by Gasteiger charge is -2.06. The molecule has 1 N–H and O–H groups in total. The highest BCUT2D eigenvalue weighted by Gasteiger charge is 2.18. The van der Waals surface area contributed by atoms with Gasteiger partial charge in [-0.25, -0.2) is 0 Å². The molecule has 0 atom stereocenters. The summed E-state index contributed by atoms with van der Waals surface area (Å²) in [5.74, 6) is -0.237. The summed E-state index contributed by atoms with van der Waals surface area (Å²) in [5.41, 5.74) is 2.18. The second-order valence-electron chi connectivity index (χ2n) is 4.78. The topological polar surface area (TPSA) is 54.9 Å². The van der Waals surface area contributed by atoms with Crippen molar-refractivity contribution in [3.63, 3.8) is 0 Å². The molecule has 0 radical (unpaired) electrons. The number of rotatable bonds is 2. The highest BCUT2D eigenvalue weighted by molar-refractivity contribution is 9.10. The predicted molar refractivity (Wildman–Crippen MR) is 99.9 cm³/mol. The third-order valence-electron chi connectivity index (χ3n) is 3.33. The molecule has 4 aromatic rings. The largest absolute Gasteiger partial charge is 0.320 e. The number of nitrogens with zero attached hydrogens (tertiary/aromatic N) is 2. The van der Waals surface area contributed by atoms with Crippen molar-refractivity contribution in [1.29, 1.82) is 0 Å². The summed E-state index contributed by atoms with van der Waals surface area (Å²) >= 11 is 12.3. The van der Waals surface area contributed by atoms with E-state index in [1.807, 2.05) is 30.3 Å². The van der Waals surface area contributed by atoms with Gasteiger partial charge < -0.3 is 5.32 Å². The molecule has 2 heterocycles. The summed E-state index contributed by atoms with van der Waals surface area (Å²) in [6.07, 6.45) is 0. The minimum atomic E-state index is -0.237. The predicted octanol–water partition coefficient (Wildman–Crippen LogP) is 5.57. The van der Waals surface area contributed by atoms with Crippen LogP contribution in [-0.2, 0) is 0 Å². The fraction of sp³-hybridized carbons (Fsp3) is 0. The average Bonchev–Trinajstić information content (AvgIpc) is 3.12. The Bertz CT molecular complexity index is 1060. The Labute approximate surface area is 152 Å². The molecule has 0 bridgehead atoms. The van der Waals surface area contributed by atoms with Gasteiger partial charge in [-0.1, -0.05) is 29.8 Å². The maximum Gasteiger partial charge on any atom is 0.267 e. The quantitative estimate of drug-likeness (QED) is 0.457. The summed E-state index contributed by atoms with van der Waals surface area (Å²) < 4.78 is 10.1. The van der Waals surface area contributed by atoms with Crippen LogP contribution < -0.4 is 5.32 Å². The molecule has 0 aliphatic rings. The molecule has 0 aliphatic carbocycles. The van der Waals surface area contributed by atoms with Crippen molar-refractivity contribution in [2.75, 3.05) is 5.32 Å². The first kappa shape index (κ1) is 15.0. The van der Waals surface area contributed by atoms with Gasteiger partial charge in [-0.3, -0.25) is 4.79 Å². The second kappa shape index (κ2) is 5.83. The van der Waals surface area contributed by atoms with Crippen molar-refractivity contribution < 1.29 is 4.79 Å². The third kappa shape index (κ3) is 2.63. The molecular weight excluding hydrogens is 418 g/mol. The van der Waals surface area contributed by atoms with Gasteiger partial charge in [0.1, 0.15) is 15.9 Å². The van der Waals surface area contributed by atoms with E-state index in [1.54, 1.807) is 6.07 Å². The van der Waals surface area contributed by atoms with Crippen molar-refractivity contribution >= 4 is 83.3 Å². The molecule has 0 saturated carbocycles. The first-order valence-corrected chi connectivity index (χ1v) is 9.25. The minimum Gasteiger partial charge on any atom is -0.320 e. The van der Waals surface area contributed by atoms with Crippen LogP contribution >= 0.6 is 50.6 Å². The number of carbonyl (C=O) groups excluding carboxylic acids is 1. The molecule has 8 heteroatoms. The Morgan fingerprint density at radius 3 is 2.70 bits per heavy atom. The van der Waals surface area contributed by atoms with Gasteiger partial charge >= 0.3 is 0 Å². The van der Waals surface area contributed by atoms with Crippen molar-refractivity contribution in [3.8, 4) is 0 Å². The van der Waals surface area contributed by atoms with Crippen LogP contribution in [-0.4, -0.2) is 14.7 Å². The van der Waals surface area contributed by atoms with E-state index in [2.05, 4.69) is 30.0 Å². The Balaban J connectivity index is 1.73. The zero-order valence-corrected chi connectivity index (χ0v) is 15.3. The zero-order chi connectivity index (χ0) is 16.0. The van der Waals surface area contributed by atoms with E-state index in [4.69, 9.17) is 11.6 Å². The second-order valence-corrected chi connectivity index (χ2v) is 7.59. The Morgan fingerprint density at radius 1 is 1.17 bits per heavy atom.